The van der Waals surface area contributed by atoms with E-state index in [1.54, 1.807) is 18.3 Å². The molecule has 5 heteroatoms. The number of anilines is 2. The third-order valence-corrected chi connectivity index (χ3v) is 4.29. The number of hydrogen-bond acceptors (Lipinski definition) is 4. The van der Waals surface area contributed by atoms with Crippen LogP contribution in [-0.4, -0.2) is 35.5 Å². The maximum Gasteiger partial charge on any atom is 0.232 e. The molecule has 1 saturated heterocycles. The number of hydrogen-bond donors (Lipinski definition) is 0. The van der Waals surface area contributed by atoms with E-state index in [9.17, 15) is 4.79 Å². The van der Waals surface area contributed by atoms with Gasteiger partial charge in [0.25, 0.3) is 0 Å². The van der Waals surface area contributed by atoms with Crippen LogP contribution in [0.1, 0.15) is 38.2 Å². The Balaban J connectivity index is 2.00. The quantitative estimate of drug-likeness (QED) is 0.813. The van der Waals surface area contributed by atoms with Crippen molar-refractivity contribution in [2.45, 2.75) is 45.1 Å². The van der Waals surface area contributed by atoms with Crippen molar-refractivity contribution in [2.75, 3.05) is 23.4 Å². The lowest BCUT2D eigenvalue weighted by Crippen LogP contribution is -2.40. The minimum absolute atomic E-state index is 0.113. The summed E-state index contributed by atoms with van der Waals surface area (Å²) in [6, 6.07) is 0.550. The Hall–Kier alpha value is -1.65. The molecule has 102 valence electrons. The average molecular weight is 260 g/mol. The molecule has 1 amide bonds. The van der Waals surface area contributed by atoms with Crippen LogP contribution in [0.25, 0.3) is 0 Å². The number of nitrogens with zero attached hydrogens (tertiary/aromatic N) is 4. The first-order chi connectivity index (χ1) is 9.22. The fourth-order valence-corrected chi connectivity index (χ4v) is 3.18. The number of piperidine rings is 1. The molecule has 0 spiro atoms. The van der Waals surface area contributed by atoms with E-state index >= 15 is 0 Å². The number of aromatic nitrogens is 2. The number of carbonyl (C=O) groups excluding carboxylic acids is 1. The lowest BCUT2D eigenvalue weighted by molar-refractivity contribution is -0.117. The highest BCUT2D eigenvalue weighted by Crippen LogP contribution is 2.35. The van der Waals surface area contributed by atoms with E-state index in [1.165, 1.54) is 19.3 Å². The van der Waals surface area contributed by atoms with E-state index in [2.05, 4.69) is 21.8 Å². The lowest BCUT2D eigenvalue weighted by atomic mass is 9.99. The molecule has 0 aromatic carbocycles. The van der Waals surface area contributed by atoms with Gasteiger partial charge in [-0.15, -0.1) is 0 Å². The summed E-state index contributed by atoms with van der Waals surface area (Å²) in [7, 11) is 1.79. The molecule has 0 radical (unpaired) electrons. The van der Waals surface area contributed by atoms with Crippen molar-refractivity contribution in [3.8, 4) is 0 Å². The maximum atomic E-state index is 11.9. The second-order valence-corrected chi connectivity index (χ2v) is 5.38. The van der Waals surface area contributed by atoms with Crippen LogP contribution in [0.3, 0.4) is 0 Å². The SMILES string of the molecule is CCC1CCCCN1c1ncnc2c1CC(=O)N2C. The molecule has 1 aromatic rings. The Morgan fingerprint density at radius 3 is 2.89 bits per heavy atom. The van der Waals surface area contributed by atoms with Crippen molar-refractivity contribution in [2.24, 2.45) is 0 Å². The number of carbonyl (C=O) groups is 1. The summed E-state index contributed by atoms with van der Waals surface area (Å²) in [5.74, 6) is 1.88. The number of amides is 1. The highest BCUT2D eigenvalue weighted by Gasteiger charge is 2.32. The summed E-state index contributed by atoms with van der Waals surface area (Å²) >= 11 is 0. The first kappa shape index (κ1) is 12.4. The molecule has 0 saturated carbocycles. The molecule has 1 atom stereocenters. The van der Waals surface area contributed by atoms with Gasteiger partial charge in [-0.2, -0.15) is 0 Å². The van der Waals surface area contributed by atoms with E-state index < -0.39 is 0 Å². The smallest absolute Gasteiger partial charge is 0.232 e. The number of rotatable bonds is 2. The zero-order valence-electron chi connectivity index (χ0n) is 11.6. The molecule has 1 unspecified atom stereocenters. The second-order valence-electron chi connectivity index (χ2n) is 5.38. The van der Waals surface area contributed by atoms with E-state index in [4.69, 9.17) is 0 Å². The van der Waals surface area contributed by atoms with Gasteiger partial charge in [0.05, 0.1) is 6.42 Å². The van der Waals surface area contributed by atoms with Crippen molar-refractivity contribution in [1.82, 2.24) is 9.97 Å². The standard InChI is InChI=1S/C14H20N4O/c1-3-10-6-4-5-7-18(10)14-11-8-12(19)17(2)13(11)15-9-16-14/h9-10H,3-8H2,1-2H3. The molecule has 1 fully saturated rings. The van der Waals surface area contributed by atoms with Crippen LogP contribution in [0.4, 0.5) is 11.6 Å². The molecule has 3 heterocycles. The van der Waals surface area contributed by atoms with E-state index in [0.717, 1.165) is 30.2 Å². The molecular weight excluding hydrogens is 240 g/mol. The van der Waals surface area contributed by atoms with Crippen molar-refractivity contribution < 1.29 is 4.79 Å². The molecular formula is C14H20N4O. The Morgan fingerprint density at radius 1 is 1.32 bits per heavy atom. The van der Waals surface area contributed by atoms with Crippen LogP contribution in [-0.2, 0) is 11.2 Å². The first-order valence-corrected chi connectivity index (χ1v) is 7.09. The van der Waals surface area contributed by atoms with Crippen molar-refractivity contribution in [3.05, 3.63) is 11.9 Å². The van der Waals surface area contributed by atoms with Crippen LogP contribution in [0, 0.1) is 0 Å². The van der Waals surface area contributed by atoms with Crippen LogP contribution in [0.5, 0.6) is 0 Å². The van der Waals surface area contributed by atoms with Crippen molar-refractivity contribution in [3.63, 3.8) is 0 Å². The third kappa shape index (κ3) is 1.97. The Morgan fingerprint density at radius 2 is 2.11 bits per heavy atom. The highest BCUT2D eigenvalue weighted by molar-refractivity contribution is 6.01. The monoisotopic (exact) mass is 260 g/mol. The molecule has 0 bridgehead atoms. The topological polar surface area (TPSA) is 49.3 Å². The van der Waals surface area contributed by atoms with Gasteiger partial charge in [-0.25, -0.2) is 9.97 Å². The summed E-state index contributed by atoms with van der Waals surface area (Å²) in [4.78, 5) is 24.6. The normalized spacial score (nSPS) is 22.8. The predicted octanol–water partition coefficient (Wildman–Crippen LogP) is 1.76. The number of likely N-dealkylation sites (N-methyl/N-ethyl adjacent to an activating group) is 1. The molecule has 5 nitrogen and oxygen atoms in total. The van der Waals surface area contributed by atoms with Gasteiger partial charge in [-0.1, -0.05) is 6.92 Å². The fraction of sp³-hybridized carbons (Fsp3) is 0.643. The largest absolute Gasteiger partial charge is 0.353 e. The molecule has 2 aliphatic rings. The maximum absolute atomic E-state index is 11.9. The summed E-state index contributed by atoms with van der Waals surface area (Å²) in [5.41, 5.74) is 1.01. The van der Waals surface area contributed by atoms with Crippen molar-refractivity contribution in [1.29, 1.82) is 0 Å². The Labute approximate surface area is 113 Å². The summed E-state index contributed by atoms with van der Waals surface area (Å²) < 4.78 is 0. The van der Waals surface area contributed by atoms with Crippen LogP contribution < -0.4 is 9.80 Å². The zero-order chi connectivity index (χ0) is 13.4. The molecule has 19 heavy (non-hydrogen) atoms. The first-order valence-electron chi connectivity index (χ1n) is 7.09. The molecule has 1 aromatic heterocycles. The Bertz CT molecular complexity index is 502. The van der Waals surface area contributed by atoms with Gasteiger partial charge < -0.3 is 4.90 Å². The molecule has 0 aliphatic carbocycles. The summed E-state index contributed by atoms with van der Waals surface area (Å²) in [6.45, 7) is 3.27. The van der Waals surface area contributed by atoms with Gasteiger partial charge in [0.1, 0.15) is 18.0 Å². The van der Waals surface area contributed by atoms with Crippen molar-refractivity contribution >= 4 is 17.5 Å². The average Bonchev–Trinajstić information content (AvgIpc) is 2.74. The minimum atomic E-state index is 0.113. The van der Waals surface area contributed by atoms with Crippen LogP contribution in [0.2, 0.25) is 0 Å². The summed E-state index contributed by atoms with van der Waals surface area (Å²) in [6.07, 6.45) is 6.88. The fourth-order valence-electron chi connectivity index (χ4n) is 3.18. The van der Waals surface area contributed by atoms with Crippen LogP contribution in [0.15, 0.2) is 6.33 Å². The van der Waals surface area contributed by atoms with Gasteiger partial charge in [-0.3, -0.25) is 9.69 Å². The minimum Gasteiger partial charge on any atom is -0.353 e. The van der Waals surface area contributed by atoms with Crippen LogP contribution >= 0.6 is 0 Å². The second kappa shape index (κ2) is 4.79. The Kier molecular flexibility index (Phi) is 3.12. The zero-order valence-corrected chi connectivity index (χ0v) is 11.6. The highest BCUT2D eigenvalue weighted by atomic mass is 16.2. The lowest BCUT2D eigenvalue weighted by Gasteiger charge is -2.37. The molecule has 3 rings (SSSR count). The number of fused-ring (bicyclic) bond motifs is 1. The predicted molar refractivity (Wildman–Crippen MR) is 74.4 cm³/mol. The summed E-state index contributed by atoms with van der Waals surface area (Å²) in [5, 5.41) is 0. The molecule has 2 aliphatic heterocycles. The van der Waals surface area contributed by atoms with E-state index in [0.29, 0.717) is 12.5 Å². The van der Waals surface area contributed by atoms with Gasteiger partial charge >= 0.3 is 0 Å². The van der Waals surface area contributed by atoms with E-state index in [-0.39, 0.29) is 5.91 Å². The van der Waals surface area contributed by atoms with Gasteiger partial charge in [-0.05, 0) is 25.7 Å². The molecule has 0 N–H and O–H groups in total. The van der Waals surface area contributed by atoms with Gasteiger partial charge in [0, 0.05) is 25.2 Å². The van der Waals surface area contributed by atoms with E-state index in [1.807, 2.05) is 0 Å². The third-order valence-electron chi connectivity index (χ3n) is 4.29. The van der Waals surface area contributed by atoms with Gasteiger partial charge in [0.15, 0.2) is 0 Å². The van der Waals surface area contributed by atoms with Gasteiger partial charge in [0.2, 0.25) is 5.91 Å².